The van der Waals surface area contributed by atoms with Crippen LogP contribution in [0.15, 0.2) is 36.4 Å². The van der Waals surface area contributed by atoms with Gasteiger partial charge < -0.3 is 48.8 Å². The van der Waals surface area contributed by atoms with E-state index in [2.05, 4.69) is 0 Å². The molecule has 4 atom stereocenters. The molecule has 1 aliphatic rings. The monoisotopic (exact) mass is 664 g/mol. The van der Waals surface area contributed by atoms with Gasteiger partial charge in [-0.1, -0.05) is 12.1 Å². The van der Waals surface area contributed by atoms with Gasteiger partial charge in [-0.3, -0.25) is 4.79 Å². The molecule has 0 spiro atoms. The van der Waals surface area contributed by atoms with Crippen molar-refractivity contribution in [3.05, 3.63) is 47.5 Å². The average molecular weight is 664 g/mol. The maximum Gasteiger partial charge on any atom is 0.344 e. The lowest BCUT2D eigenvalue weighted by atomic mass is 10.0. The number of carbonyl (C=O) groups is 2. The van der Waals surface area contributed by atoms with Crippen LogP contribution in [0, 0.1) is 0 Å². The number of benzene rings is 2. The number of ether oxygens (including phenoxy) is 6. The number of hydrogen-bond donors (Lipinski definition) is 4. The minimum absolute atomic E-state index is 0.0162. The number of methoxy groups -OCH3 is 2. The topological polar surface area (TPSA) is 170 Å². The maximum atomic E-state index is 11.6. The molecule has 0 amide bonds. The Bertz CT molecular complexity index is 1050. The first-order valence-corrected chi connectivity index (χ1v) is 13.0. The predicted molar refractivity (Wildman–Crippen MR) is 145 cm³/mol. The van der Waals surface area contributed by atoms with E-state index < -0.39 is 37.2 Å². The fourth-order valence-corrected chi connectivity index (χ4v) is 3.76. The molecule has 0 radical (unpaired) electrons. The Hall–Kier alpha value is -2.69. The summed E-state index contributed by atoms with van der Waals surface area (Å²) in [4.78, 5) is 23.1. The molecule has 39 heavy (non-hydrogen) atoms. The van der Waals surface area contributed by atoms with Gasteiger partial charge in [0.05, 0.1) is 33.5 Å². The number of aliphatic hydroxyl groups excluding tert-OH is 4. The second kappa shape index (κ2) is 16.4. The van der Waals surface area contributed by atoms with Gasteiger partial charge in [0.15, 0.2) is 24.4 Å². The molecule has 12 nitrogen and oxygen atoms in total. The summed E-state index contributed by atoms with van der Waals surface area (Å²) >= 11 is 1.70. The fourth-order valence-electron chi connectivity index (χ4n) is 3.44. The molecule has 4 N–H and O–H groups in total. The van der Waals surface area contributed by atoms with Crippen molar-refractivity contribution in [1.82, 2.24) is 0 Å². The summed E-state index contributed by atoms with van der Waals surface area (Å²) in [6.07, 6.45) is -4.11. The average Bonchev–Trinajstić information content (AvgIpc) is 2.92. The quantitative estimate of drug-likeness (QED) is 0.156. The first-order valence-electron chi connectivity index (χ1n) is 11.9. The highest BCUT2D eigenvalue weighted by molar-refractivity contribution is 14.1. The van der Waals surface area contributed by atoms with Crippen molar-refractivity contribution in [2.24, 2.45) is 0 Å². The van der Waals surface area contributed by atoms with Crippen LogP contribution in [-0.2, 0) is 20.9 Å². The minimum Gasteiger partial charge on any atom is -0.493 e. The van der Waals surface area contributed by atoms with Crippen LogP contribution in [0.4, 0.5) is 0 Å². The number of halogens is 1. The standard InChI is InChI=1S/C20H21IO7.C6H12O5/c1-4-26-18(22)12-27-15-7-5-6-13(8-15)11-28-19-16(24-2)9-14(20(21)23)10-17(19)25-3;7-2-4-6(10)3(8)1-5(9)11-4/h5-10H,4,11-12H2,1-3H3;3-10H,1-2H2/t;3-,4-,5+,6+/m.1/s1. The molecule has 1 saturated heterocycles. The fraction of sp³-hybridized carbons (Fsp3) is 0.462. The molecular weight excluding hydrogens is 631 g/mol. The van der Waals surface area contributed by atoms with Crippen LogP contribution < -0.4 is 18.9 Å². The molecule has 0 aliphatic carbocycles. The summed E-state index contributed by atoms with van der Waals surface area (Å²) in [5.74, 6) is 1.29. The molecule has 0 unspecified atom stereocenters. The smallest absolute Gasteiger partial charge is 0.344 e. The van der Waals surface area contributed by atoms with Gasteiger partial charge in [-0.25, -0.2) is 4.79 Å². The van der Waals surface area contributed by atoms with E-state index in [1.807, 2.05) is 6.07 Å². The summed E-state index contributed by atoms with van der Waals surface area (Å²) in [6, 6.07) is 10.4. The lowest BCUT2D eigenvalue weighted by molar-refractivity contribution is -0.239. The molecule has 13 heteroatoms. The highest BCUT2D eigenvalue weighted by Gasteiger charge is 2.35. The minimum atomic E-state index is -1.11. The third-order valence-electron chi connectivity index (χ3n) is 5.36. The zero-order chi connectivity index (χ0) is 28.9. The van der Waals surface area contributed by atoms with E-state index in [-0.39, 0.29) is 23.4 Å². The number of aliphatic hydroxyl groups is 4. The largest absolute Gasteiger partial charge is 0.493 e. The number of hydrogen-bond acceptors (Lipinski definition) is 12. The summed E-state index contributed by atoms with van der Waals surface area (Å²) in [5.41, 5.74) is 1.27. The van der Waals surface area contributed by atoms with Crippen molar-refractivity contribution < 1.29 is 58.4 Å². The first kappa shape index (κ1) is 32.5. The third-order valence-corrected chi connectivity index (χ3v) is 5.98. The molecule has 0 bridgehead atoms. The molecule has 2 aromatic rings. The lowest BCUT2D eigenvalue weighted by Gasteiger charge is -2.33. The van der Waals surface area contributed by atoms with Crippen LogP contribution in [-0.4, -0.2) is 88.8 Å². The van der Waals surface area contributed by atoms with Crippen molar-refractivity contribution >= 4 is 32.4 Å². The molecule has 0 aromatic heterocycles. The van der Waals surface area contributed by atoms with Crippen molar-refractivity contribution in [3.63, 3.8) is 0 Å². The molecule has 2 aromatic carbocycles. The van der Waals surface area contributed by atoms with Crippen molar-refractivity contribution in [1.29, 1.82) is 0 Å². The Kier molecular flexibility index (Phi) is 13.7. The summed E-state index contributed by atoms with van der Waals surface area (Å²) in [7, 11) is 2.99. The van der Waals surface area contributed by atoms with Crippen molar-refractivity contribution in [2.45, 2.75) is 44.6 Å². The highest BCUT2D eigenvalue weighted by Crippen LogP contribution is 2.39. The number of carbonyl (C=O) groups excluding carboxylic acids is 2. The Morgan fingerprint density at radius 1 is 1.05 bits per heavy atom. The summed E-state index contributed by atoms with van der Waals surface area (Å²) in [5, 5.41) is 35.6. The van der Waals surface area contributed by atoms with Crippen LogP contribution in [0.25, 0.3) is 0 Å². The summed E-state index contributed by atoms with van der Waals surface area (Å²) < 4.78 is 31.4. The summed E-state index contributed by atoms with van der Waals surface area (Å²) in [6.45, 7) is 1.68. The molecule has 1 heterocycles. The highest BCUT2D eigenvalue weighted by atomic mass is 127. The van der Waals surface area contributed by atoms with E-state index in [0.29, 0.717) is 35.2 Å². The van der Waals surface area contributed by atoms with Crippen LogP contribution in [0.5, 0.6) is 23.0 Å². The number of esters is 1. The molecule has 1 fully saturated rings. The van der Waals surface area contributed by atoms with Gasteiger partial charge in [0.2, 0.25) is 9.54 Å². The van der Waals surface area contributed by atoms with E-state index >= 15 is 0 Å². The second-order valence-electron chi connectivity index (χ2n) is 8.12. The van der Waals surface area contributed by atoms with Gasteiger partial charge >= 0.3 is 5.97 Å². The van der Waals surface area contributed by atoms with E-state index in [4.69, 9.17) is 48.8 Å². The van der Waals surface area contributed by atoms with Crippen LogP contribution in [0.3, 0.4) is 0 Å². The van der Waals surface area contributed by atoms with E-state index in [1.54, 1.807) is 59.8 Å². The first-order chi connectivity index (χ1) is 18.6. The van der Waals surface area contributed by atoms with Gasteiger partial charge in [-0.2, -0.15) is 0 Å². The van der Waals surface area contributed by atoms with Gasteiger partial charge in [0.1, 0.15) is 24.6 Å². The van der Waals surface area contributed by atoms with E-state index in [9.17, 15) is 9.59 Å². The Morgan fingerprint density at radius 3 is 2.28 bits per heavy atom. The second-order valence-corrected chi connectivity index (χ2v) is 9.10. The third kappa shape index (κ3) is 10.1. The van der Waals surface area contributed by atoms with Crippen LogP contribution in [0.1, 0.15) is 29.3 Å². The normalized spacial score (nSPS) is 20.2. The Labute approximate surface area is 239 Å². The van der Waals surface area contributed by atoms with Crippen LogP contribution >= 0.6 is 22.6 Å². The van der Waals surface area contributed by atoms with Gasteiger partial charge in [-0.05, 0) is 36.8 Å². The van der Waals surface area contributed by atoms with Gasteiger partial charge in [0.25, 0.3) is 0 Å². The molecule has 216 valence electrons. The lowest BCUT2D eigenvalue weighted by Crippen LogP contribution is -2.49. The van der Waals surface area contributed by atoms with Crippen molar-refractivity contribution in [2.75, 3.05) is 34.0 Å². The Morgan fingerprint density at radius 2 is 1.72 bits per heavy atom. The van der Waals surface area contributed by atoms with Crippen molar-refractivity contribution in [3.8, 4) is 23.0 Å². The zero-order valence-electron chi connectivity index (χ0n) is 21.7. The van der Waals surface area contributed by atoms with E-state index in [1.165, 1.54) is 14.2 Å². The Balaban J connectivity index is 0.000000404. The molecule has 0 saturated carbocycles. The molecular formula is C26H33IO12. The van der Waals surface area contributed by atoms with E-state index in [0.717, 1.165) is 5.56 Å². The SMILES string of the molecule is CCOC(=O)COc1cccc(COc2c(OC)cc(C(=O)I)cc2OC)c1.OC[C@H]1O[C@H](O)C[C@@H](O)[C@@H]1O. The van der Waals surface area contributed by atoms with Gasteiger partial charge in [0, 0.05) is 34.6 Å². The van der Waals surface area contributed by atoms with Crippen LogP contribution in [0.2, 0.25) is 0 Å². The number of rotatable bonds is 11. The molecule has 1 aliphatic heterocycles. The predicted octanol–water partition coefficient (Wildman–Crippen LogP) is 1.61. The maximum absolute atomic E-state index is 11.6. The zero-order valence-corrected chi connectivity index (χ0v) is 23.9. The molecule has 3 rings (SSSR count). The van der Waals surface area contributed by atoms with Gasteiger partial charge in [-0.15, -0.1) is 0 Å².